The highest BCUT2D eigenvalue weighted by Crippen LogP contribution is 2.33. The number of hydrogen-bond acceptors (Lipinski definition) is 5. The van der Waals surface area contributed by atoms with Crippen molar-refractivity contribution in [2.45, 2.75) is 49.9 Å². The number of furan rings is 1. The van der Waals surface area contributed by atoms with Crippen molar-refractivity contribution in [2.75, 3.05) is 5.75 Å². The zero-order valence-electron chi connectivity index (χ0n) is 14.0. The van der Waals surface area contributed by atoms with E-state index in [1.807, 2.05) is 11.8 Å². The number of rotatable bonds is 6. The lowest BCUT2D eigenvalue weighted by molar-refractivity contribution is -0.122. The van der Waals surface area contributed by atoms with Crippen LogP contribution in [0.25, 0.3) is 0 Å². The highest BCUT2D eigenvalue weighted by atomic mass is 32.2. The molecule has 0 aliphatic carbocycles. The quantitative estimate of drug-likeness (QED) is 0.342. The van der Waals surface area contributed by atoms with Crippen molar-refractivity contribution in [3.63, 3.8) is 0 Å². The SMILES string of the molecule is Cc1occc1C(=O)NNC(=O)CCCC[C@@H]1SC[C@@H]2NC(=O)N[C@@H]21. The summed E-state index contributed by atoms with van der Waals surface area (Å²) in [7, 11) is 0. The molecule has 1 aromatic rings. The molecule has 1 aromatic heterocycles. The van der Waals surface area contributed by atoms with E-state index in [9.17, 15) is 14.4 Å². The molecule has 2 fully saturated rings. The Hall–Kier alpha value is -2.16. The number of hydrogen-bond donors (Lipinski definition) is 4. The van der Waals surface area contributed by atoms with Crippen LogP contribution < -0.4 is 21.5 Å². The van der Waals surface area contributed by atoms with Crippen molar-refractivity contribution < 1.29 is 18.8 Å². The molecule has 0 radical (unpaired) electrons. The molecule has 25 heavy (non-hydrogen) atoms. The third-order valence-electron chi connectivity index (χ3n) is 4.50. The van der Waals surface area contributed by atoms with Gasteiger partial charge in [-0.05, 0) is 25.8 Å². The first-order valence-electron chi connectivity index (χ1n) is 8.36. The van der Waals surface area contributed by atoms with Gasteiger partial charge in [0.05, 0.1) is 23.9 Å². The summed E-state index contributed by atoms with van der Waals surface area (Å²) in [6, 6.07) is 1.90. The number of unbranched alkanes of at least 4 members (excludes halogenated alkanes) is 1. The molecule has 3 rings (SSSR count). The van der Waals surface area contributed by atoms with Crippen LogP contribution in [0.4, 0.5) is 4.79 Å². The molecule has 0 aromatic carbocycles. The van der Waals surface area contributed by atoms with Crippen LogP contribution in [0.1, 0.15) is 41.8 Å². The normalized spacial score (nSPS) is 24.4. The van der Waals surface area contributed by atoms with Gasteiger partial charge in [-0.25, -0.2) is 4.79 Å². The van der Waals surface area contributed by atoms with Crippen LogP contribution in [-0.4, -0.2) is 40.9 Å². The van der Waals surface area contributed by atoms with Gasteiger partial charge in [0.25, 0.3) is 5.91 Å². The number of amides is 4. The lowest BCUT2D eigenvalue weighted by Crippen LogP contribution is -2.41. The zero-order chi connectivity index (χ0) is 17.8. The molecule has 0 bridgehead atoms. The smallest absolute Gasteiger partial charge is 0.315 e. The number of nitrogens with one attached hydrogen (secondary N) is 4. The first-order chi connectivity index (χ1) is 12.0. The summed E-state index contributed by atoms with van der Waals surface area (Å²) >= 11 is 1.87. The number of carbonyl (C=O) groups excluding carboxylic acids is 3. The molecule has 4 amide bonds. The van der Waals surface area contributed by atoms with Crippen molar-refractivity contribution in [3.05, 3.63) is 23.7 Å². The van der Waals surface area contributed by atoms with Gasteiger partial charge < -0.3 is 15.1 Å². The standard InChI is InChI=1S/C16H22N4O4S/c1-9-10(6-7-24-9)15(22)20-19-13(21)5-3-2-4-12-14-11(8-25-12)17-16(23)18-14/h6-7,11-12,14H,2-5,8H2,1H3,(H,19,21)(H,20,22)(H2,17,18,23)/t11-,12-,14-/m0/s1. The number of urea groups is 1. The Morgan fingerprint density at radius 3 is 2.92 bits per heavy atom. The Balaban J connectivity index is 1.30. The highest BCUT2D eigenvalue weighted by molar-refractivity contribution is 8.00. The fourth-order valence-corrected chi connectivity index (χ4v) is 4.69. The predicted molar refractivity (Wildman–Crippen MR) is 93.0 cm³/mol. The fourth-order valence-electron chi connectivity index (χ4n) is 3.15. The maximum atomic E-state index is 11.8. The minimum Gasteiger partial charge on any atom is -0.469 e. The number of hydrazine groups is 1. The van der Waals surface area contributed by atoms with Crippen molar-refractivity contribution in [1.82, 2.24) is 21.5 Å². The average molecular weight is 366 g/mol. The second-order valence-corrected chi connectivity index (χ2v) is 7.53. The summed E-state index contributed by atoms with van der Waals surface area (Å²) in [6.07, 6.45) is 4.38. The van der Waals surface area contributed by atoms with E-state index in [4.69, 9.17) is 4.42 Å². The second-order valence-electron chi connectivity index (χ2n) is 6.26. The van der Waals surface area contributed by atoms with Gasteiger partial charge >= 0.3 is 6.03 Å². The van der Waals surface area contributed by atoms with Crippen LogP contribution >= 0.6 is 11.8 Å². The molecule has 0 unspecified atom stereocenters. The van der Waals surface area contributed by atoms with E-state index in [0.717, 1.165) is 25.0 Å². The number of thioether (sulfide) groups is 1. The van der Waals surface area contributed by atoms with Crippen molar-refractivity contribution in [1.29, 1.82) is 0 Å². The summed E-state index contributed by atoms with van der Waals surface area (Å²) in [5.74, 6) is 0.834. The van der Waals surface area contributed by atoms with Crippen molar-refractivity contribution >= 4 is 29.6 Å². The molecule has 3 heterocycles. The molecular formula is C16H22N4O4S. The van der Waals surface area contributed by atoms with Gasteiger partial charge in [0.15, 0.2) is 0 Å². The molecule has 9 heteroatoms. The average Bonchev–Trinajstić information content (AvgIpc) is 3.25. The summed E-state index contributed by atoms with van der Waals surface area (Å²) in [4.78, 5) is 35.0. The number of carbonyl (C=O) groups is 3. The summed E-state index contributed by atoms with van der Waals surface area (Å²) in [5, 5.41) is 6.28. The molecule has 3 atom stereocenters. The Bertz CT molecular complexity index is 662. The number of aryl methyl sites for hydroxylation is 1. The Morgan fingerprint density at radius 1 is 1.32 bits per heavy atom. The van der Waals surface area contributed by atoms with Gasteiger partial charge in [0, 0.05) is 17.4 Å². The minimum absolute atomic E-state index is 0.0803. The van der Waals surface area contributed by atoms with Crippen LogP contribution in [0.3, 0.4) is 0 Å². The third kappa shape index (κ3) is 4.28. The van der Waals surface area contributed by atoms with E-state index >= 15 is 0 Å². The minimum atomic E-state index is -0.391. The highest BCUT2D eigenvalue weighted by Gasteiger charge is 2.42. The molecule has 8 nitrogen and oxygen atoms in total. The van der Waals surface area contributed by atoms with Crippen molar-refractivity contribution in [3.8, 4) is 0 Å². The Kier molecular flexibility index (Phi) is 5.52. The maximum absolute atomic E-state index is 11.8. The fraction of sp³-hybridized carbons (Fsp3) is 0.562. The largest absolute Gasteiger partial charge is 0.469 e. The van der Waals surface area contributed by atoms with E-state index in [-0.39, 0.29) is 24.0 Å². The van der Waals surface area contributed by atoms with Gasteiger partial charge in [0.1, 0.15) is 5.76 Å². The van der Waals surface area contributed by atoms with Gasteiger partial charge in [-0.2, -0.15) is 11.8 Å². The third-order valence-corrected chi connectivity index (χ3v) is 6.01. The first kappa shape index (κ1) is 17.7. The molecule has 2 saturated heterocycles. The van der Waals surface area contributed by atoms with Gasteiger partial charge in [-0.15, -0.1) is 0 Å². The molecular weight excluding hydrogens is 344 g/mol. The zero-order valence-corrected chi connectivity index (χ0v) is 14.8. The lowest BCUT2D eigenvalue weighted by atomic mass is 10.0. The monoisotopic (exact) mass is 366 g/mol. The van der Waals surface area contributed by atoms with Gasteiger partial charge in [0.2, 0.25) is 5.91 Å². The van der Waals surface area contributed by atoms with Crippen LogP contribution in [0.2, 0.25) is 0 Å². The van der Waals surface area contributed by atoms with Gasteiger partial charge in [-0.3, -0.25) is 20.4 Å². The van der Waals surface area contributed by atoms with E-state index in [1.54, 1.807) is 13.0 Å². The van der Waals surface area contributed by atoms with Gasteiger partial charge in [-0.1, -0.05) is 6.42 Å². The Morgan fingerprint density at radius 2 is 2.16 bits per heavy atom. The first-order valence-corrected chi connectivity index (χ1v) is 9.41. The van der Waals surface area contributed by atoms with Crippen LogP contribution in [0, 0.1) is 6.92 Å². The second kappa shape index (κ2) is 7.81. The molecule has 0 saturated carbocycles. The van der Waals surface area contributed by atoms with E-state index < -0.39 is 5.91 Å². The topological polar surface area (TPSA) is 112 Å². The lowest BCUT2D eigenvalue weighted by Gasteiger charge is -2.16. The molecule has 2 aliphatic rings. The van der Waals surface area contributed by atoms with Crippen LogP contribution in [0.5, 0.6) is 0 Å². The van der Waals surface area contributed by atoms with E-state index in [2.05, 4.69) is 21.5 Å². The van der Waals surface area contributed by atoms with Crippen LogP contribution in [-0.2, 0) is 4.79 Å². The summed E-state index contributed by atoms with van der Waals surface area (Å²) in [5.41, 5.74) is 5.20. The van der Waals surface area contributed by atoms with Crippen molar-refractivity contribution in [2.24, 2.45) is 0 Å². The molecule has 136 valence electrons. The summed E-state index contributed by atoms with van der Waals surface area (Å²) < 4.78 is 5.05. The molecule has 0 spiro atoms. The predicted octanol–water partition coefficient (Wildman–Crippen LogP) is 1.07. The van der Waals surface area contributed by atoms with Crippen LogP contribution in [0.15, 0.2) is 16.7 Å². The van der Waals surface area contributed by atoms with E-state index in [1.165, 1.54) is 6.26 Å². The molecule has 2 aliphatic heterocycles. The summed E-state index contributed by atoms with van der Waals surface area (Å²) in [6.45, 7) is 1.69. The Labute approximate surface area is 149 Å². The molecule has 4 N–H and O–H groups in total. The van der Waals surface area contributed by atoms with E-state index in [0.29, 0.717) is 23.0 Å². The number of fused-ring (bicyclic) bond motifs is 1. The maximum Gasteiger partial charge on any atom is 0.315 e.